The number of hydrogen-bond acceptors (Lipinski definition) is 6. The Morgan fingerprint density at radius 2 is 1.71 bits per heavy atom. The quantitative estimate of drug-likeness (QED) is 0.479. The summed E-state index contributed by atoms with van der Waals surface area (Å²) < 4.78 is 5.38. The minimum atomic E-state index is -0.373. The van der Waals surface area contributed by atoms with Gasteiger partial charge in [0, 0.05) is 49.9 Å². The highest BCUT2D eigenvalue weighted by atomic mass is 16.6. The number of morpholine rings is 1. The zero-order valence-corrected chi connectivity index (χ0v) is 19.5. The summed E-state index contributed by atoms with van der Waals surface area (Å²) in [5, 5.41) is 11.9. The Bertz CT molecular complexity index is 1020. The molecule has 2 aromatic carbocycles. The molecule has 0 aromatic heterocycles. The molecule has 3 saturated heterocycles. The van der Waals surface area contributed by atoms with Gasteiger partial charge in [0.1, 0.15) is 5.69 Å². The number of hydrogen-bond donors (Lipinski definition) is 0. The molecular weight excluding hydrogens is 432 g/mol. The fourth-order valence-corrected chi connectivity index (χ4v) is 5.79. The summed E-state index contributed by atoms with van der Waals surface area (Å²) >= 11 is 0. The first-order valence-corrected chi connectivity index (χ1v) is 12.3. The number of anilines is 1. The van der Waals surface area contributed by atoms with E-state index in [9.17, 15) is 14.9 Å². The smallest absolute Gasteiger partial charge is 0.293 e. The molecule has 8 heteroatoms. The van der Waals surface area contributed by atoms with E-state index in [0.29, 0.717) is 50.1 Å². The van der Waals surface area contributed by atoms with E-state index < -0.39 is 0 Å². The molecule has 8 nitrogen and oxygen atoms in total. The van der Waals surface area contributed by atoms with Gasteiger partial charge >= 0.3 is 0 Å². The van der Waals surface area contributed by atoms with Gasteiger partial charge in [-0.15, -0.1) is 0 Å². The molecule has 5 rings (SSSR count). The van der Waals surface area contributed by atoms with Crippen molar-refractivity contribution in [2.24, 2.45) is 0 Å². The first kappa shape index (κ1) is 22.8. The fraction of sp³-hybridized carbons (Fsp3) is 0.500. The monoisotopic (exact) mass is 464 g/mol. The number of nitrogens with zero attached hydrogens (tertiary/aromatic N) is 4. The summed E-state index contributed by atoms with van der Waals surface area (Å²) in [6.45, 7) is 4.96. The number of rotatable bonds is 6. The zero-order valence-electron chi connectivity index (χ0n) is 19.5. The van der Waals surface area contributed by atoms with Gasteiger partial charge in [-0.25, -0.2) is 0 Å². The summed E-state index contributed by atoms with van der Waals surface area (Å²) in [5.74, 6) is -0.0920. The molecule has 3 aliphatic rings. The predicted molar refractivity (Wildman–Crippen MR) is 130 cm³/mol. The van der Waals surface area contributed by atoms with Crippen LogP contribution in [-0.2, 0) is 11.3 Å². The van der Waals surface area contributed by atoms with E-state index in [4.69, 9.17) is 4.74 Å². The Hall–Kier alpha value is -2.97. The van der Waals surface area contributed by atoms with Crippen LogP contribution in [-0.4, -0.2) is 72.1 Å². The number of amides is 1. The van der Waals surface area contributed by atoms with Gasteiger partial charge in [-0.05, 0) is 49.9 Å². The number of carbonyl (C=O) groups is 1. The van der Waals surface area contributed by atoms with Crippen molar-refractivity contribution in [3.8, 4) is 0 Å². The lowest BCUT2D eigenvalue weighted by molar-refractivity contribution is -0.384. The molecule has 3 heterocycles. The number of ether oxygens (including phenoxy) is 1. The van der Waals surface area contributed by atoms with E-state index in [1.165, 1.54) is 11.6 Å². The Morgan fingerprint density at radius 3 is 2.47 bits per heavy atom. The highest BCUT2D eigenvalue weighted by Gasteiger charge is 2.40. The van der Waals surface area contributed by atoms with Crippen LogP contribution >= 0.6 is 0 Å². The normalized spacial score (nSPS) is 23.4. The van der Waals surface area contributed by atoms with Crippen LogP contribution in [0.25, 0.3) is 0 Å². The van der Waals surface area contributed by atoms with E-state index in [2.05, 4.69) is 29.2 Å². The van der Waals surface area contributed by atoms with Crippen molar-refractivity contribution in [1.29, 1.82) is 0 Å². The molecule has 0 aliphatic carbocycles. The number of carbonyl (C=O) groups excluding carboxylic acids is 1. The molecule has 0 spiro atoms. The van der Waals surface area contributed by atoms with Gasteiger partial charge in [-0.3, -0.25) is 19.8 Å². The highest BCUT2D eigenvalue weighted by molar-refractivity contribution is 5.96. The van der Waals surface area contributed by atoms with Crippen LogP contribution in [0.5, 0.6) is 0 Å². The molecule has 0 bridgehead atoms. The molecule has 34 heavy (non-hydrogen) atoms. The molecule has 180 valence electrons. The highest BCUT2D eigenvalue weighted by Crippen LogP contribution is 2.34. The number of benzene rings is 2. The average Bonchev–Trinajstić information content (AvgIpc) is 3.54. The third-order valence-corrected chi connectivity index (χ3v) is 7.42. The lowest BCUT2D eigenvalue weighted by Crippen LogP contribution is -2.48. The average molecular weight is 465 g/mol. The molecule has 0 N–H and O–H groups in total. The second-order valence-electron chi connectivity index (χ2n) is 9.43. The van der Waals surface area contributed by atoms with Crippen LogP contribution in [0, 0.1) is 10.1 Å². The number of likely N-dealkylation sites (tertiary alicyclic amines) is 2. The van der Waals surface area contributed by atoms with Crippen molar-refractivity contribution in [3.05, 3.63) is 69.8 Å². The van der Waals surface area contributed by atoms with Gasteiger partial charge in [-0.1, -0.05) is 30.3 Å². The van der Waals surface area contributed by atoms with Gasteiger partial charge in [0.25, 0.3) is 11.6 Å². The standard InChI is InChI=1S/C26H32N4O4/c31-26(21-10-11-23(25(18-21)30(32)33)27-14-16-34-17-15-27)29-13-5-9-24(29)22-8-4-12-28(22)19-20-6-2-1-3-7-20/h1-3,6-7,10-11,18,22,24H,4-5,8-9,12-17,19H2/t22-,24-/m1/s1. The third-order valence-electron chi connectivity index (χ3n) is 7.42. The summed E-state index contributed by atoms with van der Waals surface area (Å²) in [7, 11) is 0. The maximum absolute atomic E-state index is 13.6. The lowest BCUT2D eigenvalue weighted by Gasteiger charge is -2.35. The molecule has 2 aromatic rings. The van der Waals surface area contributed by atoms with Crippen molar-refractivity contribution < 1.29 is 14.5 Å². The summed E-state index contributed by atoms with van der Waals surface area (Å²) in [4.78, 5) is 31.5. The molecule has 3 aliphatic heterocycles. The Morgan fingerprint density at radius 1 is 0.971 bits per heavy atom. The largest absolute Gasteiger partial charge is 0.378 e. The van der Waals surface area contributed by atoms with E-state index >= 15 is 0 Å². The Labute approximate surface area is 200 Å². The molecule has 2 atom stereocenters. The van der Waals surface area contributed by atoms with E-state index in [0.717, 1.165) is 38.8 Å². The maximum Gasteiger partial charge on any atom is 0.293 e. The van der Waals surface area contributed by atoms with Crippen LogP contribution in [0.4, 0.5) is 11.4 Å². The van der Waals surface area contributed by atoms with E-state index in [1.54, 1.807) is 12.1 Å². The number of nitro benzene ring substituents is 1. The molecule has 0 saturated carbocycles. The van der Waals surface area contributed by atoms with Gasteiger partial charge in [0.2, 0.25) is 0 Å². The second kappa shape index (κ2) is 10.1. The molecule has 1 amide bonds. The van der Waals surface area contributed by atoms with Gasteiger partial charge in [-0.2, -0.15) is 0 Å². The van der Waals surface area contributed by atoms with Crippen molar-refractivity contribution in [3.63, 3.8) is 0 Å². The van der Waals surface area contributed by atoms with Crippen molar-refractivity contribution in [2.75, 3.05) is 44.3 Å². The van der Waals surface area contributed by atoms with Gasteiger partial charge in [0.05, 0.1) is 18.1 Å². The first-order chi connectivity index (χ1) is 16.6. The summed E-state index contributed by atoms with van der Waals surface area (Å²) in [6.07, 6.45) is 4.17. The van der Waals surface area contributed by atoms with Crippen LogP contribution in [0.15, 0.2) is 48.5 Å². The Kier molecular flexibility index (Phi) is 6.78. The van der Waals surface area contributed by atoms with Gasteiger partial charge < -0.3 is 14.5 Å². The molecule has 0 unspecified atom stereocenters. The molecule has 3 fully saturated rings. The van der Waals surface area contributed by atoms with Crippen molar-refractivity contribution >= 4 is 17.3 Å². The van der Waals surface area contributed by atoms with Crippen molar-refractivity contribution in [1.82, 2.24) is 9.80 Å². The third kappa shape index (κ3) is 4.65. The fourth-order valence-electron chi connectivity index (χ4n) is 5.79. The van der Waals surface area contributed by atoms with E-state index in [-0.39, 0.29) is 22.6 Å². The van der Waals surface area contributed by atoms with Gasteiger partial charge in [0.15, 0.2) is 0 Å². The minimum Gasteiger partial charge on any atom is -0.378 e. The predicted octanol–water partition coefficient (Wildman–Crippen LogP) is 3.70. The summed E-state index contributed by atoms with van der Waals surface area (Å²) in [5.41, 5.74) is 2.26. The van der Waals surface area contributed by atoms with E-state index in [1.807, 2.05) is 15.9 Å². The van der Waals surface area contributed by atoms with Crippen LogP contribution in [0.2, 0.25) is 0 Å². The Balaban J connectivity index is 1.35. The second-order valence-corrected chi connectivity index (χ2v) is 9.43. The lowest BCUT2D eigenvalue weighted by atomic mass is 10.0. The van der Waals surface area contributed by atoms with Crippen molar-refractivity contribution in [2.45, 2.75) is 44.3 Å². The van der Waals surface area contributed by atoms with Crippen LogP contribution in [0.1, 0.15) is 41.6 Å². The summed E-state index contributed by atoms with van der Waals surface area (Å²) in [6, 6.07) is 15.9. The zero-order chi connectivity index (χ0) is 23.5. The molecular formula is C26H32N4O4. The SMILES string of the molecule is O=C(c1ccc(N2CCOCC2)c([N+](=O)[O-])c1)N1CCC[C@@H]1[C@H]1CCCN1Cc1ccccc1. The number of nitro groups is 1. The van der Waals surface area contributed by atoms with Crippen LogP contribution < -0.4 is 4.90 Å². The maximum atomic E-state index is 13.6. The van der Waals surface area contributed by atoms with Crippen LogP contribution in [0.3, 0.4) is 0 Å². The molecule has 0 radical (unpaired) electrons. The first-order valence-electron chi connectivity index (χ1n) is 12.3. The topological polar surface area (TPSA) is 79.2 Å². The minimum absolute atomic E-state index is 0.00457.